The van der Waals surface area contributed by atoms with E-state index in [1.54, 1.807) is 11.8 Å². The summed E-state index contributed by atoms with van der Waals surface area (Å²) in [7, 11) is 0. The SMILES string of the molecule is O=C1CCN(C(=O)CSC2CCNCC2)CCN1. The van der Waals surface area contributed by atoms with Crippen LogP contribution in [0, 0.1) is 0 Å². The van der Waals surface area contributed by atoms with Gasteiger partial charge in [0.05, 0.1) is 5.75 Å². The van der Waals surface area contributed by atoms with Gasteiger partial charge >= 0.3 is 0 Å². The Hall–Kier alpha value is -0.750. The molecule has 2 rings (SSSR count). The molecular formula is C12H21N3O2S. The highest BCUT2D eigenvalue weighted by atomic mass is 32.2. The third-order valence-corrected chi connectivity index (χ3v) is 4.75. The molecule has 0 atom stereocenters. The highest BCUT2D eigenvalue weighted by Gasteiger charge is 2.20. The second-order valence-electron chi connectivity index (χ2n) is 4.74. The second-order valence-corrected chi connectivity index (χ2v) is 6.03. The van der Waals surface area contributed by atoms with Crippen LogP contribution in [0.2, 0.25) is 0 Å². The molecule has 0 unspecified atom stereocenters. The molecule has 18 heavy (non-hydrogen) atoms. The van der Waals surface area contributed by atoms with Gasteiger partial charge in [0.2, 0.25) is 11.8 Å². The topological polar surface area (TPSA) is 61.4 Å². The summed E-state index contributed by atoms with van der Waals surface area (Å²) < 4.78 is 0. The molecule has 0 saturated carbocycles. The number of thioether (sulfide) groups is 1. The van der Waals surface area contributed by atoms with Crippen molar-refractivity contribution in [3.63, 3.8) is 0 Å². The van der Waals surface area contributed by atoms with Crippen LogP contribution in [0.15, 0.2) is 0 Å². The van der Waals surface area contributed by atoms with E-state index in [0.717, 1.165) is 25.9 Å². The molecule has 0 aromatic heterocycles. The largest absolute Gasteiger partial charge is 0.354 e. The van der Waals surface area contributed by atoms with E-state index in [0.29, 0.717) is 37.1 Å². The lowest BCUT2D eigenvalue weighted by Gasteiger charge is -2.24. The van der Waals surface area contributed by atoms with Crippen LogP contribution in [0.25, 0.3) is 0 Å². The van der Waals surface area contributed by atoms with Crippen molar-refractivity contribution in [2.24, 2.45) is 0 Å². The molecule has 2 amide bonds. The van der Waals surface area contributed by atoms with E-state index in [1.165, 1.54) is 0 Å². The molecule has 5 nitrogen and oxygen atoms in total. The van der Waals surface area contributed by atoms with Crippen LogP contribution in [0.4, 0.5) is 0 Å². The Bertz CT molecular complexity index is 306. The van der Waals surface area contributed by atoms with Gasteiger partial charge in [-0.2, -0.15) is 0 Å². The third kappa shape index (κ3) is 4.17. The number of piperidine rings is 1. The predicted molar refractivity (Wildman–Crippen MR) is 72.6 cm³/mol. The predicted octanol–water partition coefficient (Wildman–Crippen LogP) is -0.180. The van der Waals surface area contributed by atoms with E-state index in [1.807, 2.05) is 4.90 Å². The molecule has 0 aliphatic carbocycles. The minimum atomic E-state index is 0.0521. The summed E-state index contributed by atoms with van der Waals surface area (Å²) in [5, 5.41) is 6.72. The van der Waals surface area contributed by atoms with Crippen LogP contribution >= 0.6 is 11.8 Å². The van der Waals surface area contributed by atoms with E-state index >= 15 is 0 Å². The van der Waals surface area contributed by atoms with Gasteiger partial charge in [-0.15, -0.1) is 11.8 Å². The normalized spacial score (nSPS) is 22.4. The zero-order chi connectivity index (χ0) is 12.8. The Morgan fingerprint density at radius 3 is 2.83 bits per heavy atom. The Balaban J connectivity index is 1.71. The molecule has 2 saturated heterocycles. The van der Waals surface area contributed by atoms with E-state index < -0.39 is 0 Å². The molecular weight excluding hydrogens is 250 g/mol. The van der Waals surface area contributed by atoms with Crippen molar-refractivity contribution in [1.29, 1.82) is 0 Å². The van der Waals surface area contributed by atoms with Crippen molar-refractivity contribution < 1.29 is 9.59 Å². The van der Waals surface area contributed by atoms with Crippen LogP contribution in [0.3, 0.4) is 0 Å². The van der Waals surface area contributed by atoms with Crippen LogP contribution in [0.1, 0.15) is 19.3 Å². The lowest BCUT2D eigenvalue weighted by molar-refractivity contribution is -0.128. The number of rotatable bonds is 3. The van der Waals surface area contributed by atoms with Gasteiger partial charge in [-0.05, 0) is 25.9 Å². The molecule has 2 fully saturated rings. The third-order valence-electron chi connectivity index (χ3n) is 3.39. The molecule has 102 valence electrons. The number of amides is 2. The fourth-order valence-electron chi connectivity index (χ4n) is 2.26. The summed E-state index contributed by atoms with van der Waals surface area (Å²) in [6.07, 6.45) is 2.74. The Morgan fingerprint density at radius 1 is 1.28 bits per heavy atom. The molecule has 0 aromatic rings. The molecule has 2 N–H and O–H groups in total. The number of hydrogen-bond acceptors (Lipinski definition) is 4. The second kappa shape index (κ2) is 6.99. The summed E-state index contributed by atoms with van der Waals surface area (Å²) >= 11 is 1.77. The average molecular weight is 271 g/mol. The van der Waals surface area contributed by atoms with Crippen molar-refractivity contribution in [1.82, 2.24) is 15.5 Å². The van der Waals surface area contributed by atoms with Crippen LogP contribution in [0.5, 0.6) is 0 Å². The van der Waals surface area contributed by atoms with Crippen molar-refractivity contribution in [3.05, 3.63) is 0 Å². The fourth-order valence-corrected chi connectivity index (χ4v) is 3.39. The fraction of sp³-hybridized carbons (Fsp3) is 0.833. The first-order valence-electron chi connectivity index (χ1n) is 6.62. The zero-order valence-corrected chi connectivity index (χ0v) is 11.4. The summed E-state index contributed by atoms with van der Waals surface area (Å²) in [6, 6.07) is 0. The van der Waals surface area contributed by atoms with Crippen LogP contribution < -0.4 is 10.6 Å². The monoisotopic (exact) mass is 271 g/mol. The highest BCUT2D eigenvalue weighted by molar-refractivity contribution is 8.00. The first-order chi connectivity index (χ1) is 8.75. The Morgan fingerprint density at radius 2 is 2.06 bits per heavy atom. The smallest absolute Gasteiger partial charge is 0.232 e. The molecule has 6 heteroatoms. The van der Waals surface area contributed by atoms with Crippen molar-refractivity contribution in [3.8, 4) is 0 Å². The van der Waals surface area contributed by atoms with E-state index in [9.17, 15) is 9.59 Å². The molecule has 2 aliphatic rings. The standard InChI is InChI=1S/C12H21N3O2S/c16-11-3-7-15(8-6-14-11)12(17)9-18-10-1-4-13-5-2-10/h10,13H,1-9H2,(H,14,16). The quantitative estimate of drug-likeness (QED) is 0.747. The van der Waals surface area contributed by atoms with Crippen LogP contribution in [-0.4, -0.2) is 60.4 Å². The van der Waals surface area contributed by atoms with Crippen LogP contribution in [-0.2, 0) is 9.59 Å². The first-order valence-corrected chi connectivity index (χ1v) is 7.67. The Kier molecular flexibility index (Phi) is 5.31. The van der Waals surface area contributed by atoms with Gasteiger partial charge in [-0.25, -0.2) is 0 Å². The van der Waals surface area contributed by atoms with E-state index in [-0.39, 0.29) is 11.8 Å². The summed E-state index contributed by atoms with van der Waals surface area (Å²) in [5.41, 5.74) is 0. The number of carbonyl (C=O) groups excluding carboxylic acids is 2. The van der Waals surface area contributed by atoms with Gasteiger partial charge in [-0.3, -0.25) is 9.59 Å². The number of hydrogen-bond donors (Lipinski definition) is 2. The maximum absolute atomic E-state index is 12.1. The lowest BCUT2D eigenvalue weighted by atomic mass is 10.2. The molecule has 2 aliphatic heterocycles. The van der Waals surface area contributed by atoms with Crippen molar-refractivity contribution in [2.75, 3.05) is 38.5 Å². The maximum atomic E-state index is 12.1. The van der Waals surface area contributed by atoms with Crippen molar-refractivity contribution >= 4 is 23.6 Å². The van der Waals surface area contributed by atoms with Gasteiger partial charge < -0.3 is 15.5 Å². The summed E-state index contributed by atoms with van der Waals surface area (Å²) in [6.45, 7) is 3.93. The number of nitrogens with zero attached hydrogens (tertiary/aromatic N) is 1. The molecule has 0 aromatic carbocycles. The Labute approximate surface area is 112 Å². The summed E-state index contributed by atoms with van der Waals surface area (Å²) in [4.78, 5) is 25.1. The summed E-state index contributed by atoms with van der Waals surface area (Å²) in [5.74, 6) is 0.783. The van der Waals surface area contributed by atoms with Gasteiger partial charge in [0.15, 0.2) is 0 Å². The first kappa shape index (κ1) is 13.7. The molecule has 0 spiro atoms. The highest BCUT2D eigenvalue weighted by Crippen LogP contribution is 2.20. The number of nitrogens with one attached hydrogen (secondary N) is 2. The molecule has 2 heterocycles. The zero-order valence-electron chi connectivity index (χ0n) is 10.6. The van der Waals surface area contributed by atoms with Gasteiger partial charge in [-0.1, -0.05) is 0 Å². The number of carbonyl (C=O) groups is 2. The lowest BCUT2D eigenvalue weighted by Crippen LogP contribution is -2.36. The van der Waals surface area contributed by atoms with E-state index in [2.05, 4.69) is 10.6 Å². The minimum absolute atomic E-state index is 0.0521. The minimum Gasteiger partial charge on any atom is -0.354 e. The van der Waals surface area contributed by atoms with Crippen molar-refractivity contribution in [2.45, 2.75) is 24.5 Å². The van der Waals surface area contributed by atoms with Gasteiger partial charge in [0.25, 0.3) is 0 Å². The maximum Gasteiger partial charge on any atom is 0.232 e. The molecule has 0 radical (unpaired) electrons. The van der Waals surface area contributed by atoms with E-state index in [4.69, 9.17) is 0 Å². The van der Waals surface area contributed by atoms with Gasteiger partial charge in [0, 0.05) is 31.3 Å². The van der Waals surface area contributed by atoms with Gasteiger partial charge in [0.1, 0.15) is 0 Å². The average Bonchev–Trinajstić information content (AvgIpc) is 2.62. The molecule has 0 bridgehead atoms.